The van der Waals surface area contributed by atoms with Gasteiger partial charge in [0.25, 0.3) is 11.5 Å². The van der Waals surface area contributed by atoms with E-state index in [0.717, 1.165) is 6.07 Å². The normalized spacial score (nSPS) is 11.6. The number of hydrogen-bond donors (Lipinski definition) is 2. The highest BCUT2D eigenvalue weighted by molar-refractivity contribution is 6.40. The van der Waals surface area contributed by atoms with E-state index in [-0.39, 0.29) is 27.0 Å². The number of hydrogen-bond acceptors (Lipinski definition) is 4. The number of aromatic amines is 1. The Bertz CT molecular complexity index is 1110. The molecule has 0 aliphatic carbocycles. The van der Waals surface area contributed by atoms with Crippen molar-refractivity contribution in [3.63, 3.8) is 0 Å². The van der Waals surface area contributed by atoms with Gasteiger partial charge < -0.3 is 0 Å². The average Bonchev–Trinajstić information content (AvgIpc) is 2.63. The molecule has 0 fully saturated rings. The molecule has 0 atom stereocenters. The highest BCUT2D eigenvalue weighted by Crippen LogP contribution is 2.27. The second kappa shape index (κ2) is 7.23. The molecule has 3 aromatic rings. The SMILES string of the molecule is C/C(=N/NC(=O)c1n[nH]c(=O)c2ccccc12)c1c(Cl)ccc(F)c1Cl. The molecule has 9 heteroatoms. The second-order valence-electron chi connectivity index (χ2n) is 5.30. The zero-order valence-corrected chi connectivity index (χ0v) is 14.8. The molecule has 3 rings (SSSR count). The lowest BCUT2D eigenvalue weighted by Crippen LogP contribution is -2.23. The standard InChI is InChI=1S/C17H11Cl2FN4O2/c1-8(13-11(18)6-7-12(20)14(13)19)21-24-17(26)15-9-4-2-3-5-10(9)16(25)23-22-15/h2-7H,1H3,(H,23,25)(H,24,26)/b21-8-. The Hall–Kier alpha value is -2.77. The lowest BCUT2D eigenvalue weighted by molar-refractivity contribution is 0.0950. The second-order valence-corrected chi connectivity index (χ2v) is 6.09. The largest absolute Gasteiger partial charge is 0.292 e. The summed E-state index contributed by atoms with van der Waals surface area (Å²) in [6.45, 7) is 1.52. The lowest BCUT2D eigenvalue weighted by Gasteiger charge is -2.08. The van der Waals surface area contributed by atoms with Gasteiger partial charge in [-0.3, -0.25) is 9.59 Å². The van der Waals surface area contributed by atoms with E-state index in [1.54, 1.807) is 24.3 Å². The minimum Gasteiger partial charge on any atom is -0.267 e. The molecule has 0 spiro atoms. The fourth-order valence-electron chi connectivity index (χ4n) is 2.39. The fraction of sp³-hybridized carbons (Fsp3) is 0.0588. The number of halogens is 3. The number of rotatable bonds is 3. The van der Waals surface area contributed by atoms with Crippen LogP contribution in [0.3, 0.4) is 0 Å². The Morgan fingerprint density at radius 2 is 1.88 bits per heavy atom. The van der Waals surface area contributed by atoms with Crippen molar-refractivity contribution >= 4 is 45.6 Å². The summed E-state index contributed by atoms with van der Waals surface area (Å²) in [5.74, 6) is -1.30. The van der Waals surface area contributed by atoms with Crippen LogP contribution in [0.25, 0.3) is 10.8 Å². The number of H-pyrrole nitrogens is 1. The van der Waals surface area contributed by atoms with Crippen LogP contribution in [-0.2, 0) is 0 Å². The summed E-state index contributed by atoms with van der Waals surface area (Å²) in [6, 6.07) is 9.01. The molecule has 0 aliphatic heterocycles. The van der Waals surface area contributed by atoms with Crippen LogP contribution in [0.15, 0.2) is 46.3 Å². The maximum atomic E-state index is 13.6. The number of hydrazone groups is 1. The van der Waals surface area contributed by atoms with Gasteiger partial charge >= 0.3 is 0 Å². The summed E-state index contributed by atoms with van der Waals surface area (Å²) in [6.07, 6.45) is 0. The van der Waals surface area contributed by atoms with Crippen LogP contribution in [0.2, 0.25) is 10.0 Å². The Morgan fingerprint density at radius 3 is 2.62 bits per heavy atom. The topological polar surface area (TPSA) is 87.2 Å². The first-order valence-electron chi connectivity index (χ1n) is 7.36. The summed E-state index contributed by atoms with van der Waals surface area (Å²) < 4.78 is 13.6. The van der Waals surface area contributed by atoms with Crippen LogP contribution in [0.4, 0.5) is 4.39 Å². The van der Waals surface area contributed by atoms with Gasteiger partial charge in [0, 0.05) is 10.9 Å². The first kappa shape index (κ1) is 18.0. The maximum absolute atomic E-state index is 13.6. The van der Waals surface area contributed by atoms with E-state index in [4.69, 9.17) is 23.2 Å². The van der Waals surface area contributed by atoms with Crippen molar-refractivity contribution in [2.45, 2.75) is 6.92 Å². The molecule has 0 unspecified atom stereocenters. The molecule has 0 saturated carbocycles. The molecule has 1 amide bonds. The predicted octanol–water partition coefficient (Wildman–Crippen LogP) is 3.52. The minimum atomic E-state index is -0.653. The van der Waals surface area contributed by atoms with Crippen LogP contribution < -0.4 is 11.0 Å². The van der Waals surface area contributed by atoms with Gasteiger partial charge in [0.2, 0.25) is 0 Å². The highest BCUT2D eigenvalue weighted by Gasteiger charge is 2.16. The highest BCUT2D eigenvalue weighted by atomic mass is 35.5. The van der Waals surface area contributed by atoms with Crippen molar-refractivity contribution in [3.8, 4) is 0 Å². The van der Waals surface area contributed by atoms with Gasteiger partial charge in [-0.2, -0.15) is 10.2 Å². The summed E-state index contributed by atoms with van der Waals surface area (Å²) in [5.41, 5.74) is 2.28. The zero-order chi connectivity index (χ0) is 18.8. The van der Waals surface area contributed by atoms with E-state index < -0.39 is 17.3 Å². The molecule has 0 saturated heterocycles. The number of carbonyl (C=O) groups excluding carboxylic acids is 1. The van der Waals surface area contributed by atoms with Gasteiger partial charge in [0.05, 0.1) is 21.1 Å². The number of fused-ring (bicyclic) bond motifs is 1. The third-order valence-electron chi connectivity index (χ3n) is 3.64. The number of nitrogens with one attached hydrogen (secondary N) is 2. The molecule has 26 heavy (non-hydrogen) atoms. The van der Waals surface area contributed by atoms with Crippen LogP contribution in [0.5, 0.6) is 0 Å². The minimum absolute atomic E-state index is 0.00631. The molecule has 0 radical (unpaired) electrons. The molecule has 6 nitrogen and oxygen atoms in total. The van der Waals surface area contributed by atoms with Crippen molar-refractivity contribution in [2.24, 2.45) is 5.10 Å². The Labute approximate surface area is 156 Å². The number of amides is 1. The molecule has 2 N–H and O–H groups in total. The first-order chi connectivity index (χ1) is 12.4. The maximum Gasteiger partial charge on any atom is 0.292 e. The smallest absolute Gasteiger partial charge is 0.267 e. The number of aromatic nitrogens is 2. The monoisotopic (exact) mass is 392 g/mol. The molecular formula is C17H11Cl2FN4O2. The van der Waals surface area contributed by atoms with Crippen molar-refractivity contribution in [2.75, 3.05) is 0 Å². The van der Waals surface area contributed by atoms with Gasteiger partial charge in [0.15, 0.2) is 5.69 Å². The quantitative estimate of drug-likeness (QED) is 0.406. The van der Waals surface area contributed by atoms with E-state index in [9.17, 15) is 14.0 Å². The average molecular weight is 393 g/mol. The third kappa shape index (κ3) is 3.31. The summed E-state index contributed by atoms with van der Waals surface area (Å²) in [4.78, 5) is 24.2. The zero-order valence-electron chi connectivity index (χ0n) is 13.3. The number of nitrogens with zero attached hydrogens (tertiary/aromatic N) is 2. The van der Waals surface area contributed by atoms with Crippen LogP contribution in [0, 0.1) is 5.82 Å². The molecule has 2 aromatic carbocycles. The molecule has 1 heterocycles. The van der Waals surface area contributed by atoms with Crippen molar-refractivity contribution in [1.29, 1.82) is 0 Å². The van der Waals surface area contributed by atoms with E-state index in [2.05, 4.69) is 20.7 Å². The van der Waals surface area contributed by atoms with Crippen LogP contribution in [-0.4, -0.2) is 21.8 Å². The van der Waals surface area contributed by atoms with E-state index in [0.29, 0.717) is 10.8 Å². The third-order valence-corrected chi connectivity index (χ3v) is 4.33. The number of benzene rings is 2. The molecule has 0 aliphatic rings. The van der Waals surface area contributed by atoms with Gasteiger partial charge in [0.1, 0.15) is 5.82 Å². The van der Waals surface area contributed by atoms with Crippen molar-refractivity contribution in [1.82, 2.24) is 15.6 Å². The predicted molar refractivity (Wildman–Crippen MR) is 98.5 cm³/mol. The molecule has 0 bridgehead atoms. The molecular weight excluding hydrogens is 382 g/mol. The first-order valence-corrected chi connectivity index (χ1v) is 8.11. The van der Waals surface area contributed by atoms with Gasteiger partial charge in [-0.1, -0.05) is 41.4 Å². The van der Waals surface area contributed by atoms with Crippen LogP contribution >= 0.6 is 23.2 Å². The summed E-state index contributed by atoms with van der Waals surface area (Å²) in [5, 5.41) is 10.7. The fourth-order valence-corrected chi connectivity index (χ4v) is 3.03. The van der Waals surface area contributed by atoms with Gasteiger partial charge in [-0.25, -0.2) is 14.9 Å². The van der Waals surface area contributed by atoms with E-state index >= 15 is 0 Å². The van der Waals surface area contributed by atoms with Crippen LogP contribution in [0.1, 0.15) is 23.0 Å². The van der Waals surface area contributed by atoms with E-state index in [1.807, 2.05) is 0 Å². The Balaban J connectivity index is 1.95. The Kier molecular flexibility index (Phi) is 5.01. The van der Waals surface area contributed by atoms with Crippen molar-refractivity contribution in [3.05, 3.63) is 73.9 Å². The summed E-state index contributed by atoms with van der Waals surface area (Å²) in [7, 11) is 0. The molecule has 132 valence electrons. The lowest BCUT2D eigenvalue weighted by atomic mass is 10.1. The van der Waals surface area contributed by atoms with E-state index in [1.165, 1.54) is 13.0 Å². The number of carbonyl (C=O) groups is 1. The van der Waals surface area contributed by atoms with Gasteiger partial charge in [-0.05, 0) is 25.1 Å². The summed E-state index contributed by atoms with van der Waals surface area (Å²) >= 11 is 11.9. The van der Waals surface area contributed by atoms with Crippen molar-refractivity contribution < 1.29 is 9.18 Å². The Morgan fingerprint density at radius 1 is 1.19 bits per heavy atom. The molecule has 1 aromatic heterocycles. The van der Waals surface area contributed by atoms with Gasteiger partial charge in [-0.15, -0.1) is 0 Å².